The molecule has 1 aliphatic heterocycles. The minimum Gasteiger partial charge on any atom is -0.363 e. The molecule has 5 rings (SSSR count). The number of nitrogens with two attached hydrogens (primary N) is 1. The maximum absolute atomic E-state index is 14.5. The maximum atomic E-state index is 14.5. The molecule has 13 nitrogen and oxygen atoms in total. The predicted molar refractivity (Wildman–Crippen MR) is 174 cm³/mol. The Hall–Kier alpha value is -4.68. The Morgan fingerprint density at radius 1 is 1.00 bits per heavy atom. The van der Waals surface area contributed by atoms with Crippen LogP contribution in [0.3, 0.4) is 0 Å². The molecule has 5 N–H and O–H groups in total. The Labute approximate surface area is 280 Å². The molecule has 13 heteroatoms. The van der Waals surface area contributed by atoms with Gasteiger partial charge in [0.1, 0.15) is 23.8 Å². The quantitative estimate of drug-likeness (QED) is 0.247. The van der Waals surface area contributed by atoms with Crippen LogP contribution in [0, 0.1) is 28.6 Å². The van der Waals surface area contributed by atoms with Crippen LogP contribution >= 0.6 is 0 Å². The number of aromatic nitrogens is 2. The summed E-state index contributed by atoms with van der Waals surface area (Å²) in [5.41, 5.74) is 4.83. The first-order valence-electron chi connectivity index (χ1n) is 16.5. The lowest BCUT2D eigenvalue weighted by molar-refractivity contribution is -0.146. The second-order valence-electron chi connectivity index (χ2n) is 14.9. The Morgan fingerprint density at radius 2 is 1.69 bits per heavy atom. The number of hydrogen-bond donors (Lipinski definition) is 4. The van der Waals surface area contributed by atoms with E-state index >= 15 is 0 Å². The summed E-state index contributed by atoms with van der Waals surface area (Å²) in [5, 5.41) is 8.39. The van der Waals surface area contributed by atoms with Crippen molar-refractivity contribution in [1.29, 1.82) is 0 Å². The van der Waals surface area contributed by atoms with Crippen LogP contribution in [0.2, 0.25) is 0 Å². The third-order valence-electron chi connectivity index (χ3n) is 10.3. The van der Waals surface area contributed by atoms with Crippen molar-refractivity contribution in [3.8, 4) is 0 Å². The number of piperidine rings is 1. The van der Waals surface area contributed by atoms with Crippen LogP contribution < -0.4 is 21.7 Å². The first kappa shape index (κ1) is 34.6. The van der Waals surface area contributed by atoms with E-state index in [2.05, 4.69) is 25.9 Å². The van der Waals surface area contributed by atoms with Crippen molar-refractivity contribution in [2.75, 3.05) is 6.54 Å². The molecule has 256 valence electrons. The highest BCUT2D eigenvalue weighted by atomic mass is 16.2. The van der Waals surface area contributed by atoms with Gasteiger partial charge in [0.15, 0.2) is 0 Å². The van der Waals surface area contributed by atoms with E-state index in [1.54, 1.807) is 30.3 Å². The second-order valence-corrected chi connectivity index (χ2v) is 14.9. The third-order valence-corrected chi connectivity index (χ3v) is 10.3. The highest BCUT2D eigenvalue weighted by Gasteiger charge is 2.70. The molecule has 1 saturated heterocycles. The summed E-state index contributed by atoms with van der Waals surface area (Å²) in [6, 6.07) is 4.40. The van der Waals surface area contributed by atoms with Crippen LogP contribution in [0.4, 0.5) is 0 Å². The molecule has 0 bridgehead atoms. The van der Waals surface area contributed by atoms with Crippen molar-refractivity contribution in [3.05, 3.63) is 60.2 Å². The Morgan fingerprint density at radius 3 is 2.25 bits per heavy atom. The van der Waals surface area contributed by atoms with Crippen LogP contribution in [-0.4, -0.2) is 74.9 Å². The lowest BCUT2D eigenvalue weighted by Crippen LogP contribution is -2.61. The SMILES string of the molecule is CC(C)(C)[C@H](NC(=O)[C@@H](NC(=O)c1cnccn1)c1ccccc1)C(=O)N1C[C@H]2[C@@H]([C@H]1C(=O)NC(CC1CCC1)C(=O)C(N)=O)C2(C)C. The van der Waals surface area contributed by atoms with Gasteiger partial charge in [-0.1, -0.05) is 84.2 Å². The second kappa shape index (κ2) is 13.4. The fraction of sp³-hybridized carbons (Fsp3) is 0.543. The average molecular weight is 660 g/mol. The lowest BCUT2D eigenvalue weighted by atomic mass is 9.80. The first-order valence-corrected chi connectivity index (χ1v) is 16.5. The number of benzene rings is 1. The van der Waals surface area contributed by atoms with Crippen molar-refractivity contribution >= 4 is 35.3 Å². The summed E-state index contributed by atoms with van der Waals surface area (Å²) in [4.78, 5) is 89.6. The molecule has 5 amide bonds. The van der Waals surface area contributed by atoms with Crippen LogP contribution in [0.1, 0.15) is 82.4 Å². The van der Waals surface area contributed by atoms with E-state index in [-0.39, 0.29) is 28.9 Å². The fourth-order valence-electron chi connectivity index (χ4n) is 7.14. The number of likely N-dealkylation sites (tertiary alicyclic amines) is 1. The summed E-state index contributed by atoms with van der Waals surface area (Å²) in [5.74, 6) is -4.11. The van der Waals surface area contributed by atoms with E-state index in [1.165, 1.54) is 23.5 Å². The number of amides is 5. The van der Waals surface area contributed by atoms with Crippen molar-refractivity contribution < 1.29 is 28.8 Å². The van der Waals surface area contributed by atoms with Gasteiger partial charge < -0.3 is 26.6 Å². The van der Waals surface area contributed by atoms with Crippen LogP contribution in [-0.2, 0) is 24.0 Å². The molecule has 1 aromatic heterocycles. The number of rotatable bonds is 12. The number of nitrogens with one attached hydrogen (secondary N) is 3. The monoisotopic (exact) mass is 659 g/mol. The summed E-state index contributed by atoms with van der Waals surface area (Å²) in [6.45, 7) is 9.79. The van der Waals surface area contributed by atoms with Crippen LogP contribution in [0.5, 0.6) is 0 Å². The van der Waals surface area contributed by atoms with Gasteiger partial charge in [-0.25, -0.2) is 4.98 Å². The summed E-state index contributed by atoms with van der Waals surface area (Å²) < 4.78 is 0. The average Bonchev–Trinajstić information content (AvgIpc) is 3.33. The molecule has 2 heterocycles. The van der Waals surface area contributed by atoms with Gasteiger partial charge in [0.25, 0.3) is 11.8 Å². The third kappa shape index (κ3) is 7.09. The predicted octanol–water partition coefficient (Wildman–Crippen LogP) is 1.69. The van der Waals surface area contributed by atoms with Gasteiger partial charge >= 0.3 is 0 Å². The van der Waals surface area contributed by atoms with E-state index < -0.39 is 64.9 Å². The smallest absolute Gasteiger partial charge is 0.287 e. The zero-order valence-electron chi connectivity index (χ0n) is 28.1. The summed E-state index contributed by atoms with van der Waals surface area (Å²) in [6.07, 6.45) is 7.23. The van der Waals surface area contributed by atoms with E-state index in [9.17, 15) is 28.8 Å². The Bertz CT molecular complexity index is 1570. The molecule has 0 spiro atoms. The molecule has 2 aromatic rings. The van der Waals surface area contributed by atoms with E-state index in [1.807, 2.05) is 34.6 Å². The zero-order valence-corrected chi connectivity index (χ0v) is 28.1. The highest BCUT2D eigenvalue weighted by Crippen LogP contribution is 2.65. The largest absolute Gasteiger partial charge is 0.363 e. The van der Waals surface area contributed by atoms with Gasteiger partial charge in [-0.2, -0.15) is 0 Å². The molecule has 2 aliphatic carbocycles. The van der Waals surface area contributed by atoms with Gasteiger partial charge in [-0.15, -0.1) is 0 Å². The maximum Gasteiger partial charge on any atom is 0.287 e. The van der Waals surface area contributed by atoms with Gasteiger partial charge in [-0.3, -0.25) is 33.8 Å². The van der Waals surface area contributed by atoms with E-state index in [0.29, 0.717) is 18.5 Å². The highest BCUT2D eigenvalue weighted by molar-refractivity contribution is 6.37. The van der Waals surface area contributed by atoms with Crippen molar-refractivity contribution in [2.24, 2.45) is 34.3 Å². The van der Waals surface area contributed by atoms with Crippen LogP contribution in [0.15, 0.2) is 48.9 Å². The lowest BCUT2D eigenvalue weighted by Gasteiger charge is -2.38. The van der Waals surface area contributed by atoms with Gasteiger partial charge in [-0.05, 0) is 40.6 Å². The van der Waals surface area contributed by atoms with E-state index in [4.69, 9.17) is 5.73 Å². The summed E-state index contributed by atoms with van der Waals surface area (Å²) in [7, 11) is 0. The molecule has 48 heavy (non-hydrogen) atoms. The van der Waals surface area contributed by atoms with E-state index in [0.717, 1.165) is 19.3 Å². The van der Waals surface area contributed by atoms with Gasteiger partial charge in [0.05, 0.1) is 12.2 Å². The van der Waals surface area contributed by atoms with Crippen molar-refractivity contribution in [3.63, 3.8) is 0 Å². The molecular formula is C35H45N7O6. The molecule has 1 unspecified atom stereocenters. The Balaban J connectivity index is 1.39. The molecule has 3 fully saturated rings. The fourth-order valence-corrected chi connectivity index (χ4v) is 7.14. The number of nitrogens with zero attached hydrogens (tertiary/aromatic N) is 3. The number of ketones is 1. The van der Waals surface area contributed by atoms with Crippen molar-refractivity contribution in [2.45, 2.75) is 84.5 Å². The minimum absolute atomic E-state index is 0.0212. The van der Waals surface area contributed by atoms with Crippen molar-refractivity contribution in [1.82, 2.24) is 30.8 Å². The molecule has 1 aromatic carbocycles. The summed E-state index contributed by atoms with van der Waals surface area (Å²) >= 11 is 0. The Kier molecular flexibility index (Phi) is 9.70. The molecule has 0 radical (unpaired) electrons. The normalized spacial score (nSPS) is 23.0. The molecule has 6 atom stereocenters. The number of carbonyl (C=O) groups excluding carboxylic acids is 6. The number of fused-ring (bicyclic) bond motifs is 1. The van der Waals surface area contributed by atoms with Gasteiger partial charge in [0.2, 0.25) is 23.5 Å². The number of hydrogen-bond acceptors (Lipinski definition) is 8. The minimum atomic E-state index is -1.17. The molecular weight excluding hydrogens is 614 g/mol. The van der Waals surface area contributed by atoms with Crippen LogP contribution in [0.25, 0.3) is 0 Å². The first-order chi connectivity index (χ1) is 22.6. The zero-order chi connectivity index (χ0) is 35.0. The molecule has 3 aliphatic rings. The standard InChI is InChI=1S/C35H45N7O6/c1-34(2,3)28(41-31(46)25(20-12-7-6-8-13-20)40-30(45)23-17-37-14-15-38-23)33(48)42-18-21-24(35(21,4)5)26(42)32(47)39-22(27(43)29(36)44)16-19-10-9-11-19/h6-8,12-15,17,19,21-22,24-26,28H,9-11,16,18H2,1-5H3,(H2,36,44)(H,39,47)(H,40,45)(H,41,46)/t21-,22?,24-,25-,26-,28+/m0/s1. The number of carbonyl (C=O) groups is 6. The number of Topliss-reactive ketones (excluding diaryl/α,β-unsaturated/α-hetero) is 1. The van der Waals surface area contributed by atoms with Gasteiger partial charge in [0, 0.05) is 18.9 Å². The number of primary amides is 1. The molecule has 2 saturated carbocycles. The topological polar surface area (TPSA) is 194 Å².